The lowest BCUT2D eigenvalue weighted by molar-refractivity contribution is 0.0942. The number of hydrogen-bond donors (Lipinski definition) is 2. The Morgan fingerprint density at radius 2 is 1.68 bits per heavy atom. The van der Waals surface area contributed by atoms with Crippen molar-refractivity contribution in [1.29, 1.82) is 0 Å². The van der Waals surface area contributed by atoms with Gasteiger partial charge in [0.2, 0.25) is 0 Å². The smallest absolute Gasteiger partial charge is 0.126 e. The van der Waals surface area contributed by atoms with Crippen molar-refractivity contribution in [3.63, 3.8) is 0 Å². The highest BCUT2D eigenvalue weighted by Crippen LogP contribution is 2.19. The van der Waals surface area contributed by atoms with Crippen LogP contribution in [0.3, 0.4) is 0 Å². The molecule has 1 heterocycles. The van der Waals surface area contributed by atoms with E-state index in [-0.39, 0.29) is 6.04 Å². The van der Waals surface area contributed by atoms with Gasteiger partial charge in [0.15, 0.2) is 0 Å². The molecule has 130 valence electrons. The van der Waals surface area contributed by atoms with Gasteiger partial charge in [0.1, 0.15) is 5.82 Å². The molecule has 2 aromatic carbocycles. The van der Waals surface area contributed by atoms with Crippen molar-refractivity contribution in [3.8, 4) is 11.3 Å². The zero-order chi connectivity index (χ0) is 17.5. The lowest BCUT2D eigenvalue weighted by atomic mass is 10.2. The van der Waals surface area contributed by atoms with E-state index in [9.17, 15) is 0 Å². The molecule has 0 amide bonds. The number of nitrogens with zero attached hydrogens (tertiary/aromatic N) is 1. The van der Waals surface area contributed by atoms with Crippen molar-refractivity contribution in [2.45, 2.75) is 32.5 Å². The normalized spacial score (nSPS) is 12.4. The molecule has 0 aliphatic carbocycles. The summed E-state index contributed by atoms with van der Waals surface area (Å²) in [5.74, 6) is 0.903. The van der Waals surface area contributed by atoms with Crippen LogP contribution in [-0.2, 0) is 11.3 Å². The fraction of sp³-hybridized carbons (Fsp3) is 0.286. The summed E-state index contributed by atoms with van der Waals surface area (Å²) in [5, 5.41) is 3.53. The Morgan fingerprint density at radius 1 is 1.00 bits per heavy atom. The average Bonchev–Trinajstić information content (AvgIpc) is 3.12. The highest BCUT2D eigenvalue weighted by atomic mass is 16.5. The van der Waals surface area contributed by atoms with Crippen molar-refractivity contribution in [3.05, 3.63) is 78.2 Å². The first-order chi connectivity index (χ1) is 12.2. The third-order valence-corrected chi connectivity index (χ3v) is 3.93. The van der Waals surface area contributed by atoms with Crippen LogP contribution in [0.1, 0.15) is 31.3 Å². The number of aromatic nitrogens is 2. The average molecular weight is 335 g/mol. The number of benzene rings is 2. The monoisotopic (exact) mass is 335 g/mol. The summed E-state index contributed by atoms with van der Waals surface area (Å²) < 4.78 is 5.93. The molecular formula is C21H25N3O. The van der Waals surface area contributed by atoms with E-state index in [2.05, 4.69) is 48.4 Å². The fourth-order valence-corrected chi connectivity index (χ4v) is 2.75. The Balaban J connectivity index is 1.67. The molecule has 25 heavy (non-hydrogen) atoms. The lowest BCUT2D eigenvalue weighted by Crippen LogP contribution is -2.32. The third kappa shape index (κ3) is 5.02. The Hall–Kier alpha value is -2.43. The summed E-state index contributed by atoms with van der Waals surface area (Å²) in [6.45, 7) is 5.43. The number of imidazole rings is 1. The van der Waals surface area contributed by atoms with Gasteiger partial charge in [0, 0.05) is 17.8 Å². The van der Waals surface area contributed by atoms with Gasteiger partial charge in [-0.25, -0.2) is 4.98 Å². The molecule has 2 N–H and O–H groups in total. The van der Waals surface area contributed by atoms with E-state index in [4.69, 9.17) is 9.72 Å². The second-order valence-corrected chi connectivity index (χ2v) is 6.41. The van der Waals surface area contributed by atoms with Gasteiger partial charge in [-0.3, -0.25) is 0 Å². The van der Waals surface area contributed by atoms with Crippen molar-refractivity contribution in [1.82, 2.24) is 15.3 Å². The van der Waals surface area contributed by atoms with E-state index >= 15 is 0 Å². The van der Waals surface area contributed by atoms with Crippen LogP contribution in [0, 0.1) is 0 Å². The molecule has 0 saturated heterocycles. The molecule has 3 aromatic rings. The minimum Gasteiger partial charge on any atom is -0.375 e. The first-order valence-electron chi connectivity index (χ1n) is 8.71. The molecule has 0 radical (unpaired) electrons. The summed E-state index contributed by atoms with van der Waals surface area (Å²) in [6.07, 6.45) is 1.96. The highest BCUT2D eigenvalue weighted by Gasteiger charge is 2.17. The molecular weight excluding hydrogens is 310 g/mol. The summed E-state index contributed by atoms with van der Waals surface area (Å²) in [4.78, 5) is 8.07. The molecule has 1 aromatic heterocycles. The first-order valence-corrected chi connectivity index (χ1v) is 8.71. The molecule has 0 aliphatic heterocycles. The molecule has 0 spiro atoms. The van der Waals surface area contributed by atoms with Crippen LogP contribution < -0.4 is 5.32 Å². The SMILES string of the molecule is CC(C)N[C@@H](COCc1ccccc1)c1nc(-c2ccccc2)c[nH]1. The number of nitrogens with one attached hydrogen (secondary N) is 2. The topological polar surface area (TPSA) is 49.9 Å². The van der Waals surface area contributed by atoms with E-state index in [0.717, 1.165) is 17.1 Å². The third-order valence-electron chi connectivity index (χ3n) is 3.93. The molecule has 4 nitrogen and oxygen atoms in total. The number of H-pyrrole nitrogens is 1. The van der Waals surface area contributed by atoms with Gasteiger partial charge in [-0.2, -0.15) is 0 Å². The number of aromatic amines is 1. The maximum atomic E-state index is 5.93. The van der Waals surface area contributed by atoms with Gasteiger partial charge in [0.25, 0.3) is 0 Å². The summed E-state index contributed by atoms with van der Waals surface area (Å²) >= 11 is 0. The van der Waals surface area contributed by atoms with Crippen LogP contribution in [0.15, 0.2) is 66.9 Å². The first kappa shape index (κ1) is 17.4. The summed E-state index contributed by atoms with van der Waals surface area (Å²) in [5.41, 5.74) is 3.24. The number of rotatable bonds is 8. The van der Waals surface area contributed by atoms with E-state index in [1.54, 1.807) is 0 Å². The van der Waals surface area contributed by atoms with Crippen molar-refractivity contribution in [2.24, 2.45) is 0 Å². The van der Waals surface area contributed by atoms with Crippen molar-refractivity contribution < 1.29 is 4.74 Å². The molecule has 3 rings (SSSR count). The lowest BCUT2D eigenvalue weighted by Gasteiger charge is -2.19. The molecule has 0 fully saturated rings. The van der Waals surface area contributed by atoms with Gasteiger partial charge in [-0.1, -0.05) is 74.5 Å². The molecule has 1 atom stereocenters. The Bertz CT molecular complexity index is 753. The minimum atomic E-state index is 0.0289. The van der Waals surface area contributed by atoms with Crippen molar-refractivity contribution in [2.75, 3.05) is 6.61 Å². The predicted octanol–water partition coefficient (Wildman–Crippen LogP) is 4.33. The molecule has 0 unspecified atom stereocenters. The molecule has 4 heteroatoms. The molecule has 0 bridgehead atoms. The van der Waals surface area contributed by atoms with E-state index in [1.165, 1.54) is 5.56 Å². The van der Waals surface area contributed by atoms with Crippen LogP contribution in [0.4, 0.5) is 0 Å². The maximum Gasteiger partial charge on any atom is 0.126 e. The highest BCUT2D eigenvalue weighted by molar-refractivity contribution is 5.58. The van der Waals surface area contributed by atoms with Crippen molar-refractivity contribution >= 4 is 0 Å². The van der Waals surface area contributed by atoms with Crippen LogP contribution in [-0.4, -0.2) is 22.6 Å². The van der Waals surface area contributed by atoms with Gasteiger partial charge >= 0.3 is 0 Å². The van der Waals surface area contributed by atoms with Gasteiger partial charge in [0.05, 0.1) is 24.9 Å². The van der Waals surface area contributed by atoms with Gasteiger partial charge in [-0.05, 0) is 5.56 Å². The van der Waals surface area contributed by atoms with E-state index in [0.29, 0.717) is 19.3 Å². The zero-order valence-electron chi connectivity index (χ0n) is 14.8. The maximum absolute atomic E-state index is 5.93. The summed E-state index contributed by atoms with van der Waals surface area (Å²) in [7, 11) is 0. The standard InChI is InChI=1S/C21H25N3O/c1-16(2)23-20(15-25-14-17-9-5-3-6-10-17)21-22-13-19(24-21)18-11-7-4-8-12-18/h3-13,16,20,23H,14-15H2,1-2H3,(H,22,24)/t20-/m0/s1. The molecule has 0 saturated carbocycles. The fourth-order valence-electron chi connectivity index (χ4n) is 2.75. The van der Waals surface area contributed by atoms with Crippen LogP contribution in [0.25, 0.3) is 11.3 Å². The number of hydrogen-bond acceptors (Lipinski definition) is 3. The predicted molar refractivity (Wildman–Crippen MR) is 101 cm³/mol. The van der Waals surface area contributed by atoms with Gasteiger partial charge < -0.3 is 15.0 Å². The number of ether oxygens (including phenoxy) is 1. The summed E-state index contributed by atoms with van der Waals surface area (Å²) in [6, 6.07) is 20.8. The minimum absolute atomic E-state index is 0.0289. The Kier molecular flexibility index (Phi) is 5.99. The Labute approximate surface area is 149 Å². The second-order valence-electron chi connectivity index (χ2n) is 6.41. The quantitative estimate of drug-likeness (QED) is 0.644. The van der Waals surface area contributed by atoms with E-state index in [1.807, 2.05) is 42.6 Å². The van der Waals surface area contributed by atoms with Gasteiger partial charge in [-0.15, -0.1) is 0 Å². The second kappa shape index (κ2) is 8.60. The zero-order valence-corrected chi connectivity index (χ0v) is 14.8. The van der Waals surface area contributed by atoms with Crippen LogP contribution in [0.2, 0.25) is 0 Å². The van der Waals surface area contributed by atoms with E-state index < -0.39 is 0 Å². The largest absolute Gasteiger partial charge is 0.375 e. The molecule has 0 aliphatic rings. The van der Waals surface area contributed by atoms with Crippen LogP contribution >= 0.6 is 0 Å². The van der Waals surface area contributed by atoms with Crippen LogP contribution in [0.5, 0.6) is 0 Å². The Morgan fingerprint density at radius 3 is 2.36 bits per heavy atom.